The van der Waals surface area contributed by atoms with Crippen molar-refractivity contribution in [2.24, 2.45) is 0 Å². The molecule has 4 nitrogen and oxygen atoms in total. The highest BCUT2D eigenvalue weighted by Gasteiger charge is 2.51. The summed E-state index contributed by atoms with van der Waals surface area (Å²) in [6.07, 6.45) is -4.63. The second kappa shape index (κ2) is 6.84. The van der Waals surface area contributed by atoms with E-state index in [4.69, 9.17) is 20.6 Å². The third kappa shape index (κ3) is 3.86. The Balaban J connectivity index is 1.82. The molecule has 1 heterocycles. The van der Waals surface area contributed by atoms with Crippen LogP contribution in [0.1, 0.15) is 33.3 Å². The lowest BCUT2D eigenvalue weighted by Gasteiger charge is -2.32. The van der Waals surface area contributed by atoms with E-state index in [0.29, 0.717) is 0 Å². The Labute approximate surface area is 162 Å². The average Bonchev–Trinajstić information content (AvgIpc) is 2.82. The Morgan fingerprint density at radius 3 is 2.04 bits per heavy atom. The van der Waals surface area contributed by atoms with Gasteiger partial charge in [0.2, 0.25) is 0 Å². The molecule has 0 amide bonds. The van der Waals surface area contributed by atoms with Gasteiger partial charge >= 0.3 is 13.3 Å². The van der Waals surface area contributed by atoms with Crippen LogP contribution in [0.3, 0.4) is 0 Å². The van der Waals surface area contributed by atoms with Crippen molar-refractivity contribution in [1.29, 1.82) is 0 Å². The molecule has 0 saturated carbocycles. The zero-order valence-corrected chi connectivity index (χ0v) is 15.9. The summed E-state index contributed by atoms with van der Waals surface area (Å²) in [7, 11) is -0.567. The van der Waals surface area contributed by atoms with E-state index in [1.165, 1.54) is 6.07 Å². The molecule has 1 saturated heterocycles. The van der Waals surface area contributed by atoms with E-state index in [0.717, 1.165) is 17.6 Å². The maximum absolute atomic E-state index is 13.3. The van der Waals surface area contributed by atoms with Crippen molar-refractivity contribution in [3.05, 3.63) is 59.4 Å². The SMILES string of the molecule is [C-]#[N+]c1ccc(Oc2ccc(B3OC(C)(C)C(C)(C)O3)cc2)c(C(F)(F)F)c1. The first-order chi connectivity index (χ1) is 12.9. The fraction of sp³-hybridized carbons (Fsp3) is 0.350. The first kappa shape index (κ1) is 20.2. The zero-order chi connectivity index (χ0) is 20.7. The van der Waals surface area contributed by atoms with Gasteiger partial charge in [-0.05, 0) is 57.4 Å². The lowest BCUT2D eigenvalue weighted by Crippen LogP contribution is -2.41. The molecular formula is C20H19BF3NO3. The highest BCUT2D eigenvalue weighted by atomic mass is 19.4. The standard InChI is InChI=1S/C20H19BF3NO3/c1-18(2)19(3,4)28-21(27-18)13-6-9-15(10-7-13)26-17-11-8-14(25-5)12-16(17)20(22,23)24/h6-12H,1-4H3. The van der Waals surface area contributed by atoms with Gasteiger partial charge in [0.1, 0.15) is 11.5 Å². The minimum Gasteiger partial charge on any atom is -0.457 e. The maximum Gasteiger partial charge on any atom is 0.494 e. The fourth-order valence-electron chi connectivity index (χ4n) is 2.70. The van der Waals surface area contributed by atoms with E-state index in [1.807, 2.05) is 27.7 Å². The summed E-state index contributed by atoms with van der Waals surface area (Å²) in [5, 5.41) is 0. The Morgan fingerprint density at radius 1 is 0.964 bits per heavy atom. The number of hydrogen-bond donors (Lipinski definition) is 0. The fourth-order valence-corrected chi connectivity index (χ4v) is 2.70. The number of hydrogen-bond acceptors (Lipinski definition) is 3. The molecule has 1 aliphatic rings. The van der Waals surface area contributed by atoms with Gasteiger partial charge in [-0.15, -0.1) is 0 Å². The molecule has 0 N–H and O–H groups in total. The topological polar surface area (TPSA) is 32.0 Å². The summed E-state index contributed by atoms with van der Waals surface area (Å²) in [5.74, 6) is -0.121. The third-order valence-electron chi connectivity index (χ3n) is 5.03. The number of benzene rings is 2. The zero-order valence-electron chi connectivity index (χ0n) is 15.9. The highest BCUT2D eigenvalue weighted by Crippen LogP contribution is 2.40. The van der Waals surface area contributed by atoms with E-state index in [-0.39, 0.29) is 17.2 Å². The van der Waals surface area contributed by atoms with Gasteiger partial charge in [-0.2, -0.15) is 13.2 Å². The van der Waals surface area contributed by atoms with Crippen molar-refractivity contribution in [2.45, 2.75) is 45.1 Å². The van der Waals surface area contributed by atoms with Gasteiger partial charge in [-0.25, -0.2) is 4.85 Å². The molecule has 0 unspecified atom stereocenters. The van der Waals surface area contributed by atoms with Crippen LogP contribution in [-0.4, -0.2) is 18.3 Å². The molecule has 3 rings (SSSR count). The molecule has 1 fully saturated rings. The van der Waals surface area contributed by atoms with Gasteiger partial charge < -0.3 is 14.0 Å². The van der Waals surface area contributed by atoms with Crippen molar-refractivity contribution in [3.63, 3.8) is 0 Å². The summed E-state index contributed by atoms with van der Waals surface area (Å²) in [4.78, 5) is 3.04. The predicted octanol–water partition coefficient (Wildman–Crippen LogP) is 5.35. The van der Waals surface area contributed by atoms with Crippen LogP contribution in [-0.2, 0) is 15.5 Å². The largest absolute Gasteiger partial charge is 0.494 e. The number of ether oxygens (including phenoxy) is 1. The summed E-state index contributed by atoms with van der Waals surface area (Å²) < 4.78 is 57.1. The lowest BCUT2D eigenvalue weighted by molar-refractivity contribution is -0.138. The summed E-state index contributed by atoms with van der Waals surface area (Å²) >= 11 is 0. The van der Waals surface area contributed by atoms with Crippen LogP contribution in [0.2, 0.25) is 0 Å². The Morgan fingerprint density at radius 2 is 1.54 bits per heavy atom. The van der Waals surface area contributed by atoms with Gasteiger partial charge in [-0.3, -0.25) is 0 Å². The minimum absolute atomic E-state index is 0.101. The normalized spacial score (nSPS) is 18.0. The van der Waals surface area contributed by atoms with E-state index in [1.54, 1.807) is 24.3 Å². The second-order valence-electron chi connectivity index (χ2n) is 7.55. The molecular weight excluding hydrogens is 370 g/mol. The first-order valence-electron chi connectivity index (χ1n) is 8.65. The number of rotatable bonds is 3. The maximum atomic E-state index is 13.3. The highest BCUT2D eigenvalue weighted by molar-refractivity contribution is 6.62. The van der Waals surface area contributed by atoms with Crippen LogP contribution in [0.25, 0.3) is 4.85 Å². The van der Waals surface area contributed by atoms with Crippen LogP contribution < -0.4 is 10.2 Å². The van der Waals surface area contributed by atoms with Gasteiger partial charge in [0.15, 0.2) is 5.69 Å². The van der Waals surface area contributed by atoms with Gasteiger partial charge in [0, 0.05) is 0 Å². The Bertz CT molecular complexity index is 902. The van der Waals surface area contributed by atoms with E-state index in [9.17, 15) is 13.2 Å². The minimum atomic E-state index is -4.63. The van der Waals surface area contributed by atoms with Crippen LogP contribution >= 0.6 is 0 Å². The summed E-state index contributed by atoms with van der Waals surface area (Å²) in [6, 6.07) is 9.72. The number of nitrogens with zero attached hydrogens (tertiary/aromatic N) is 1. The van der Waals surface area contributed by atoms with Gasteiger partial charge in [-0.1, -0.05) is 18.2 Å². The van der Waals surface area contributed by atoms with Crippen LogP contribution in [0.4, 0.5) is 18.9 Å². The molecule has 0 atom stereocenters. The molecule has 0 aromatic heterocycles. The average molecular weight is 389 g/mol. The molecule has 8 heteroatoms. The molecule has 0 spiro atoms. The quantitative estimate of drug-likeness (QED) is 0.524. The van der Waals surface area contributed by atoms with Crippen LogP contribution in [0.15, 0.2) is 42.5 Å². The van der Waals surface area contributed by atoms with Crippen LogP contribution in [0.5, 0.6) is 11.5 Å². The monoisotopic (exact) mass is 389 g/mol. The summed E-state index contributed by atoms with van der Waals surface area (Å²) in [5.41, 5.74) is -1.32. The number of halogens is 3. The lowest BCUT2D eigenvalue weighted by atomic mass is 9.79. The number of alkyl halides is 3. The molecule has 0 radical (unpaired) electrons. The van der Waals surface area contributed by atoms with Gasteiger partial charge in [0.25, 0.3) is 0 Å². The van der Waals surface area contributed by atoms with E-state index < -0.39 is 30.1 Å². The molecule has 28 heavy (non-hydrogen) atoms. The molecule has 2 aromatic rings. The van der Waals surface area contributed by atoms with Gasteiger partial charge in [0.05, 0.1) is 23.3 Å². The molecule has 146 valence electrons. The van der Waals surface area contributed by atoms with Crippen molar-refractivity contribution in [1.82, 2.24) is 0 Å². The van der Waals surface area contributed by atoms with E-state index >= 15 is 0 Å². The second-order valence-corrected chi connectivity index (χ2v) is 7.55. The molecule has 0 aliphatic carbocycles. The third-order valence-corrected chi connectivity index (χ3v) is 5.03. The Kier molecular flexibility index (Phi) is 4.94. The first-order valence-corrected chi connectivity index (χ1v) is 8.65. The van der Waals surface area contributed by atoms with Crippen LogP contribution in [0, 0.1) is 6.57 Å². The predicted molar refractivity (Wildman–Crippen MR) is 99.9 cm³/mol. The Hall–Kier alpha value is -2.50. The van der Waals surface area contributed by atoms with Crippen molar-refractivity contribution < 1.29 is 27.2 Å². The molecule has 0 bridgehead atoms. The van der Waals surface area contributed by atoms with Crippen molar-refractivity contribution in [2.75, 3.05) is 0 Å². The smallest absolute Gasteiger partial charge is 0.457 e. The van der Waals surface area contributed by atoms with E-state index in [2.05, 4.69) is 4.85 Å². The summed E-state index contributed by atoms with van der Waals surface area (Å²) in [6.45, 7) is 14.7. The van der Waals surface area contributed by atoms with Crippen molar-refractivity contribution >= 4 is 18.3 Å². The molecule has 2 aromatic carbocycles. The molecule has 1 aliphatic heterocycles. The van der Waals surface area contributed by atoms with Crippen molar-refractivity contribution in [3.8, 4) is 11.5 Å².